The molecule has 2 heterocycles. The van der Waals surface area contributed by atoms with E-state index in [1.165, 1.54) is 18.4 Å². The first-order valence-electron chi connectivity index (χ1n) is 7.38. The summed E-state index contributed by atoms with van der Waals surface area (Å²) >= 11 is 0. The number of hydrogen-bond acceptors (Lipinski definition) is 4. The van der Waals surface area contributed by atoms with Crippen LogP contribution in [0.2, 0.25) is 0 Å². The highest BCUT2D eigenvalue weighted by molar-refractivity contribution is 5.17. The molecule has 2 aromatic rings. The molecule has 4 nitrogen and oxygen atoms in total. The fraction of sp³-hybridized carbons (Fsp3) is 0.500. The molecule has 0 unspecified atom stereocenters. The van der Waals surface area contributed by atoms with Crippen molar-refractivity contribution in [2.24, 2.45) is 0 Å². The molecule has 2 aromatic heterocycles. The van der Waals surface area contributed by atoms with Crippen LogP contribution in [0, 0.1) is 0 Å². The van der Waals surface area contributed by atoms with Crippen molar-refractivity contribution in [2.75, 3.05) is 6.54 Å². The average molecular weight is 274 g/mol. The van der Waals surface area contributed by atoms with Gasteiger partial charge in [0.15, 0.2) is 0 Å². The molecule has 4 heteroatoms. The third-order valence-electron chi connectivity index (χ3n) is 3.77. The van der Waals surface area contributed by atoms with Gasteiger partial charge < -0.3 is 14.2 Å². The zero-order valence-corrected chi connectivity index (χ0v) is 12.0. The molecule has 0 radical (unpaired) electrons. The maximum atomic E-state index is 5.66. The van der Waals surface area contributed by atoms with Gasteiger partial charge in [-0.3, -0.25) is 4.90 Å². The van der Waals surface area contributed by atoms with Crippen LogP contribution in [0.25, 0.3) is 0 Å². The first-order chi connectivity index (χ1) is 9.85. The van der Waals surface area contributed by atoms with Gasteiger partial charge in [0.1, 0.15) is 11.5 Å². The number of nitrogens with zero attached hydrogens (tertiary/aromatic N) is 1. The molecule has 1 fully saturated rings. The van der Waals surface area contributed by atoms with Gasteiger partial charge in [-0.15, -0.1) is 0 Å². The molecule has 1 saturated carbocycles. The van der Waals surface area contributed by atoms with Gasteiger partial charge >= 0.3 is 0 Å². The van der Waals surface area contributed by atoms with Crippen LogP contribution in [0.5, 0.6) is 0 Å². The van der Waals surface area contributed by atoms with Crippen molar-refractivity contribution < 1.29 is 8.83 Å². The Hall–Kier alpha value is -1.52. The molecule has 0 amide bonds. The van der Waals surface area contributed by atoms with Crippen LogP contribution >= 0.6 is 0 Å². The SMILES string of the molecule is CCN(Cc1ccco1)Cc1occc1CNC1CC1. The molecule has 0 spiro atoms. The smallest absolute Gasteiger partial charge is 0.122 e. The molecule has 1 aliphatic rings. The zero-order valence-electron chi connectivity index (χ0n) is 12.0. The summed E-state index contributed by atoms with van der Waals surface area (Å²) in [5, 5.41) is 3.54. The Labute approximate surface area is 119 Å². The normalized spacial score (nSPS) is 15.1. The van der Waals surface area contributed by atoms with Crippen molar-refractivity contribution in [2.45, 2.75) is 45.4 Å². The Bertz CT molecular complexity index is 514. The highest BCUT2D eigenvalue weighted by atomic mass is 16.3. The van der Waals surface area contributed by atoms with Crippen molar-refractivity contribution in [3.63, 3.8) is 0 Å². The van der Waals surface area contributed by atoms with Crippen LogP contribution in [0.4, 0.5) is 0 Å². The van der Waals surface area contributed by atoms with Gasteiger partial charge in [0.25, 0.3) is 0 Å². The maximum Gasteiger partial charge on any atom is 0.122 e. The van der Waals surface area contributed by atoms with E-state index in [9.17, 15) is 0 Å². The number of furan rings is 2. The van der Waals surface area contributed by atoms with Crippen LogP contribution in [-0.4, -0.2) is 17.5 Å². The Morgan fingerprint density at radius 1 is 1.20 bits per heavy atom. The molecule has 0 bridgehead atoms. The molecule has 108 valence electrons. The van der Waals surface area contributed by atoms with E-state index in [0.717, 1.165) is 43.7 Å². The number of hydrogen-bond donors (Lipinski definition) is 1. The predicted molar refractivity (Wildman–Crippen MR) is 77.1 cm³/mol. The third-order valence-corrected chi connectivity index (χ3v) is 3.77. The van der Waals surface area contributed by atoms with Gasteiger partial charge in [-0.2, -0.15) is 0 Å². The first kappa shape index (κ1) is 13.5. The fourth-order valence-corrected chi connectivity index (χ4v) is 2.31. The Kier molecular flexibility index (Phi) is 4.23. The molecule has 0 atom stereocenters. The molecular weight excluding hydrogens is 252 g/mol. The van der Waals surface area contributed by atoms with Gasteiger partial charge in [0.2, 0.25) is 0 Å². The van der Waals surface area contributed by atoms with E-state index in [4.69, 9.17) is 8.83 Å². The molecule has 3 rings (SSSR count). The van der Waals surface area contributed by atoms with E-state index in [0.29, 0.717) is 0 Å². The molecule has 0 saturated heterocycles. The van der Waals surface area contributed by atoms with Crippen LogP contribution in [0.3, 0.4) is 0 Å². The molecule has 1 N–H and O–H groups in total. The minimum absolute atomic E-state index is 0.725. The second kappa shape index (κ2) is 6.29. The van der Waals surface area contributed by atoms with Crippen molar-refractivity contribution >= 4 is 0 Å². The zero-order chi connectivity index (χ0) is 13.8. The van der Waals surface area contributed by atoms with E-state index >= 15 is 0 Å². The van der Waals surface area contributed by atoms with Crippen LogP contribution < -0.4 is 5.32 Å². The summed E-state index contributed by atoms with van der Waals surface area (Å²) in [6, 6.07) is 6.75. The van der Waals surface area contributed by atoms with Crippen LogP contribution in [0.15, 0.2) is 39.6 Å². The molecule has 0 aromatic carbocycles. The second-order valence-corrected chi connectivity index (χ2v) is 5.41. The number of rotatable bonds is 8. The molecule has 20 heavy (non-hydrogen) atoms. The van der Waals surface area contributed by atoms with Gasteiger partial charge in [-0.25, -0.2) is 0 Å². The average Bonchev–Trinajstić information content (AvgIpc) is 2.97. The highest BCUT2D eigenvalue weighted by Gasteiger charge is 2.21. The summed E-state index contributed by atoms with van der Waals surface area (Å²) in [5.74, 6) is 2.06. The van der Waals surface area contributed by atoms with Gasteiger partial charge in [-0.1, -0.05) is 6.92 Å². The second-order valence-electron chi connectivity index (χ2n) is 5.41. The van der Waals surface area contributed by atoms with E-state index in [-0.39, 0.29) is 0 Å². The third kappa shape index (κ3) is 3.52. The molecular formula is C16H22N2O2. The Morgan fingerprint density at radius 2 is 2.10 bits per heavy atom. The molecule has 1 aliphatic carbocycles. The van der Waals surface area contributed by atoms with Crippen molar-refractivity contribution in [1.29, 1.82) is 0 Å². The van der Waals surface area contributed by atoms with E-state index in [1.54, 1.807) is 12.5 Å². The lowest BCUT2D eigenvalue weighted by Gasteiger charge is -2.18. The van der Waals surface area contributed by atoms with E-state index in [1.807, 2.05) is 12.1 Å². The summed E-state index contributed by atoms with van der Waals surface area (Å²) < 4.78 is 11.1. The summed E-state index contributed by atoms with van der Waals surface area (Å²) in [7, 11) is 0. The fourth-order valence-electron chi connectivity index (χ4n) is 2.31. The predicted octanol–water partition coefficient (Wildman–Crippen LogP) is 3.15. The number of nitrogens with one attached hydrogen (secondary N) is 1. The summed E-state index contributed by atoms with van der Waals surface area (Å²) in [6.07, 6.45) is 6.14. The van der Waals surface area contributed by atoms with Crippen molar-refractivity contribution in [3.8, 4) is 0 Å². The van der Waals surface area contributed by atoms with Crippen molar-refractivity contribution in [1.82, 2.24) is 10.2 Å². The Balaban J connectivity index is 1.58. The quantitative estimate of drug-likeness (QED) is 0.803. The largest absolute Gasteiger partial charge is 0.468 e. The first-order valence-corrected chi connectivity index (χ1v) is 7.38. The van der Waals surface area contributed by atoms with Gasteiger partial charge in [0.05, 0.1) is 25.6 Å². The monoisotopic (exact) mass is 274 g/mol. The summed E-state index contributed by atoms with van der Waals surface area (Å²) in [4.78, 5) is 2.32. The lowest BCUT2D eigenvalue weighted by atomic mass is 10.2. The minimum Gasteiger partial charge on any atom is -0.468 e. The van der Waals surface area contributed by atoms with Gasteiger partial charge in [-0.05, 0) is 37.6 Å². The minimum atomic E-state index is 0.725. The van der Waals surface area contributed by atoms with E-state index < -0.39 is 0 Å². The summed E-state index contributed by atoms with van der Waals surface area (Å²) in [5.41, 5.74) is 1.27. The lowest BCUT2D eigenvalue weighted by Crippen LogP contribution is -2.23. The summed E-state index contributed by atoms with van der Waals surface area (Å²) in [6.45, 7) is 5.69. The van der Waals surface area contributed by atoms with Crippen LogP contribution in [0.1, 0.15) is 36.8 Å². The van der Waals surface area contributed by atoms with Crippen molar-refractivity contribution in [3.05, 3.63) is 47.8 Å². The maximum absolute atomic E-state index is 5.66. The van der Waals surface area contributed by atoms with Gasteiger partial charge in [0, 0.05) is 18.2 Å². The van der Waals surface area contributed by atoms with E-state index in [2.05, 4.69) is 23.2 Å². The topological polar surface area (TPSA) is 41.6 Å². The standard InChI is InChI=1S/C16H22N2O2/c1-2-18(11-15-4-3-8-19-15)12-16-13(7-9-20-16)10-17-14-5-6-14/h3-4,7-9,14,17H,2,5-6,10-12H2,1H3. The lowest BCUT2D eigenvalue weighted by molar-refractivity contribution is 0.227. The molecule has 0 aliphatic heterocycles. The Morgan fingerprint density at radius 3 is 2.80 bits per heavy atom. The van der Waals surface area contributed by atoms with Crippen LogP contribution in [-0.2, 0) is 19.6 Å². The highest BCUT2D eigenvalue weighted by Crippen LogP contribution is 2.21.